The first-order valence-corrected chi connectivity index (χ1v) is 4.99. The number of epoxide rings is 1. The van der Waals surface area contributed by atoms with E-state index in [4.69, 9.17) is 14.6 Å². The Labute approximate surface area is 86.3 Å². The predicted molar refractivity (Wildman–Crippen MR) is 47.7 cm³/mol. The molecule has 15 heavy (non-hydrogen) atoms. The first-order valence-electron chi connectivity index (χ1n) is 4.99. The molecule has 5 heteroatoms. The quantitative estimate of drug-likeness (QED) is 0.602. The molecule has 1 saturated heterocycles. The minimum Gasteiger partial charge on any atom is -0.478 e. The SMILES string of the molecule is C[C@]12O[C@H]1C[C@@H]1C(C(=O)O)=COC(O)[C@H]12. The van der Waals surface area contributed by atoms with Crippen LogP contribution < -0.4 is 0 Å². The number of hydrogen-bond acceptors (Lipinski definition) is 4. The summed E-state index contributed by atoms with van der Waals surface area (Å²) in [5.41, 5.74) is -0.138. The van der Waals surface area contributed by atoms with E-state index < -0.39 is 12.3 Å². The zero-order chi connectivity index (χ0) is 10.8. The monoisotopic (exact) mass is 212 g/mol. The number of carbonyl (C=O) groups is 1. The van der Waals surface area contributed by atoms with Crippen LogP contribution in [0.25, 0.3) is 0 Å². The predicted octanol–water partition coefficient (Wildman–Crippen LogP) is 0.0971. The van der Waals surface area contributed by atoms with Crippen LogP contribution in [0.3, 0.4) is 0 Å². The molecule has 0 radical (unpaired) electrons. The number of carboxylic acids is 1. The Morgan fingerprint density at radius 2 is 2.40 bits per heavy atom. The summed E-state index contributed by atoms with van der Waals surface area (Å²) in [6.07, 6.45) is 0.962. The number of hydrogen-bond donors (Lipinski definition) is 2. The zero-order valence-electron chi connectivity index (χ0n) is 8.21. The number of rotatable bonds is 1. The average molecular weight is 212 g/mol. The smallest absolute Gasteiger partial charge is 0.334 e. The number of fused-ring (bicyclic) bond motifs is 3. The topological polar surface area (TPSA) is 79.3 Å². The summed E-state index contributed by atoms with van der Waals surface area (Å²) in [4.78, 5) is 11.0. The van der Waals surface area contributed by atoms with Gasteiger partial charge in [0, 0.05) is 5.92 Å². The molecule has 0 amide bonds. The van der Waals surface area contributed by atoms with E-state index in [2.05, 4.69) is 0 Å². The Hall–Kier alpha value is -1.07. The van der Waals surface area contributed by atoms with Gasteiger partial charge in [-0.2, -0.15) is 0 Å². The summed E-state index contributed by atoms with van der Waals surface area (Å²) in [7, 11) is 0. The Kier molecular flexibility index (Phi) is 1.55. The van der Waals surface area contributed by atoms with Crippen LogP contribution in [0.15, 0.2) is 11.8 Å². The van der Waals surface area contributed by atoms with Gasteiger partial charge in [0.2, 0.25) is 6.29 Å². The Bertz CT molecular complexity index is 363. The molecule has 5 atom stereocenters. The molecule has 3 aliphatic rings. The van der Waals surface area contributed by atoms with Gasteiger partial charge in [0.1, 0.15) is 5.60 Å². The van der Waals surface area contributed by atoms with Gasteiger partial charge in [0.15, 0.2) is 0 Å². The molecule has 0 spiro atoms. The highest BCUT2D eigenvalue weighted by Gasteiger charge is 2.69. The van der Waals surface area contributed by atoms with E-state index in [9.17, 15) is 9.90 Å². The van der Waals surface area contributed by atoms with Crippen molar-refractivity contribution in [1.29, 1.82) is 0 Å². The van der Waals surface area contributed by atoms with Gasteiger partial charge < -0.3 is 19.7 Å². The van der Waals surface area contributed by atoms with Crippen LogP contribution in [-0.2, 0) is 14.3 Å². The van der Waals surface area contributed by atoms with Gasteiger partial charge in [-0.3, -0.25) is 0 Å². The molecule has 1 unspecified atom stereocenters. The Morgan fingerprint density at radius 3 is 3.07 bits per heavy atom. The van der Waals surface area contributed by atoms with Crippen LogP contribution >= 0.6 is 0 Å². The van der Waals surface area contributed by atoms with Crippen molar-refractivity contribution >= 4 is 5.97 Å². The maximum Gasteiger partial charge on any atom is 0.334 e. The standard InChI is InChI=1S/C10H12O5/c1-10-6(15-10)2-4-5(8(11)12)3-14-9(13)7(4)10/h3-4,6-7,9,13H,2H2,1H3,(H,11,12)/t4-,6+,7+,9?,10+/m1/s1. The van der Waals surface area contributed by atoms with E-state index in [1.807, 2.05) is 6.92 Å². The number of aliphatic carboxylic acids is 1. The molecule has 2 fully saturated rings. The summed E-state index contributed by atoms with van der Waals surface area (Å²) in [5.74, 6) is -1.37. The molecule has 0 bridgehead atoms. The van der Waals surface area contributed by atoms with Crippen LogP contribution in [0.2, 0.25) is 0 Å². The third-order valence-corrected chi connectivity index (χ3v) is 3.83. The molecule has 1 saturated carbocycles. The molecule has 2 aliphatic heterocycles. The third kappa shape index (κ3) is 1.02. The second-order valence-corrected chi connectivity index (χ2v) is 4.56. The summed E-state index contributed by atoms with van der Waals surface area (Å²) in [5, 5.41) is 18.7. The van der Waals surface area contributed by atoms with E-state index >= 15 is 0 Å². The van der Waals surface area contributed by atoms with Crippen LogP contribution in [0.5, 0.6) is 0 Å². The average Bonchev–Trinajstić information content (AvgIpc) is 2.68. The van der Waals surface area contributed by atoms with Gasteiger partial charge in [-0.15, -0.1) is 0 Å². The first-order chi connectivity index (χ1) is 7.04. The minimum atomic E-state index is -0.971. The lowest BCUT2D eigenvalue weighted by Crippen LogP contribution is -2.40. The molecule has 3 rings (SSSR count). The summed E-state index contributed by atoms with van der Waals surface area (Å²) in [6, 6.07) is 0. The van der Waals surface area contributed by atoms with Crippen molar-refractivity contribution in [2.45, 2.75) is 31.3 Å². The lowest BCUT2D eigenvalue weighted by Gasteiger charge is -2.33. The Morgan fingerprint density at radius 1 is 1.67 bits per heavy atom. The summed E-state index contributed by atoms with van der Waals surface area (Å²) >= 11 is 0. The molecule has 1 aliphatic carbocycles. The number of aliphatic hydroxyl groups excluding tert-OH is 1. The minimum absolute atomic E-state index is 0.0756. The number of aliphatic hydroxyl groups is 1. The molecular weight excluding hydrogens is 200 g/mol. The van der Waals surface area contributed by atoms with Gasteiger partial charge in [0.05, 0.1) is 23.9 Å². The van der Waals surface area contributed by atoms with Crippen molar-refractivity contribution in [3.63, 3.8) is 0 Å². The highest BCUT2D eigenvalue weighted by atomic mass is 16.6. The second-order valence-electron chi connectivity index (χ2n) is 4.56. The molecular formula is C10H12O5. The van der Waals surface area contributed by atoms with E-state index in [0.717, 1.165) is 0 Å². The molecule has 82 valence electrons. The first kappa shape index (κ1) is 9.18. The van der Waals surface area contributed by atoms with E-state index in [-0.39, 0.29) is 29.1 Å². The largest absolute Gasteiger partial charge is 0.478 e. The van der Waals surface area contributed by atoms with Gasteiger partial charge in [-0.25, -0.2) is 4.79 Å². The molecule has 2 heterocycles. The number of ether oxygens (including phenoxy) is 2. The van der Waals surface area contributed by atoms with Crippen molar-refractivity contribution < 1.29 is 24.5 Å². The van der Waals surface area contributed by atoms with Crippen molar-refractivity contribution in [1.82, 2.24) is 0 Å². The summed E-state index contributed by atoms with van der Waals surface area (Å²) < 4.78 is 10.4. The van der Waals surface area contributed by atoms with E-state index in [0.29, 0.717) is 6.42 Å². The Balaban J connectivity index is 1.97. The van der Waals surface area contributed by atoms with E-state index in [1.165, 1.54) is 6.26 Å². The molecule has 0 aromatic carbocycles. The fourth-order valence-corrected chi connectivity index (χ4v) is 2.95. The lowest BCUT2D eigenvalue weighted by atomic mass is 9.82. The number of carboxylic acid groups (broad SMARTS) is 1. The van der Waals surface area contributed by atoms with Crippen LogP contribution in [0.1, 0.15) is 13.3 Å². The van der Waals surface area contributed by atoms with Gasteiger partial charge in [-0.05, 0) is 13.3 Å². The van der Waals surface area contributed by atoms with Crippen LogP contribution in [0, 0.1) is 11.8 Å². The summed E-state index contributed by atoms with van der Waals surface area (Å²) in [6.45, 7) is 1.90. The second kappa shape index (κ2) is 2.54. The van der Waals surface area contributed by atoms with Gasteiger partial charge in [0.25, 0.3) is 0 Å². The van der Waals surface area contributed by atoms with Crippen molar-refractivity contribution in [3.05, 3.63) is 11.8 Å². The molecule has 5 nitrogen and oxygen atoms in total. The highest BCUT2D eigenvalue weighted by molar-refractivity contribution is 5.87. The van der Waals surface area contributed by atoms with Crippen molar-refractivity contribution in [2.24, 2.45) is 11.8 Å². The molecule has 2 N–H and O–H groups in total. The van der Waals surface area contributed by atoms with Crippen LogP contribution in [-0.4, -0.2) is 34.2 Å². The normalized spacial score (nSPS) is 51.2. The fraction of sp³-hybridized carbons (Fsp3) is 0.700. The third-order valence-electron chi connectivity index (χ3n) is 3.83. The van der Waals surface area contributed by atoms with E-state index in [1.54, 1.807) is 0 Å². The lowest BCUT2D eigenvalue weighted by molar-refractivity contribution is -0.147. The molecule has 0 aromatic heterocycles. The van der Waals surface area contributed by atoms with Crippen molar-refractivity contribution in [2.75, 3.05) is 0 Å². The van der Waals surface area contributed by atoms with Gasteiger partial charge in [-0.1, -0.05) is 0 Å². The fourth-order valence-electron chi connectivity index (χ4n) is 2.95. The molecule has 0 aromatic rings. The van der Waals surface area contributed by atoms with Crippen LogP contribution in [0.4, 0.5) is 0 Å². The maximum absolute atomic E-state index is 11.0. The highest BCUT2D eigenvalue weighted by Crippen LogP contribution is 2.60. The van der Waals surface area contributed by atoms with Crippen molar-refractivity contribution in [3.8, 4) is 0 Å². The maximum atomic E-state index is 11.0. The van der Waals surface area contributed by atoms with Gasteiger partial charge >= 0.3 is 5.97 Å². The zero-order valence-corrected chi connectivity index (χ0v) is 8.21.